The Kier molecular flexibility index (Phi) is 6.11. The summed E-state index contributed by atoms with van der Waals surface area (Å²) in [5.41, 5.74) is 1.84. The van der Waals surface area contributed by atoms with Crippen molar-refractivity contribution < 1.29 is 14.3 Å². The first-order valence-electron chi connectivity index (χ1n) is 8.38. The quantitative estimate of drug-likeness (QED) is 0.585. The highest BCUT2D eigenvalue weighted by Crippen LogP contribution is 2.29. The summed E-state index contributed by atoms with van der Waals surface area (Å²) < 4.78 is 12.3. The monoisotopic (exact) mass is 419 g/mol. The zero-order valence-electron chi connectivity index (χ0n) is 15.6. The number of halogens is 2. The highest BCUT2D eigenvalue weighted by Gasteiger charge is 2.22. The Balaban J connectivity index is 2.02. The van der Waals surface area contributed by atoms with E-state index in [1.807, 2.05) is 12.1 Å². The van der Waals surface area contributed by atoms with Crippen molar-refractivity contribution in [2.24, 2.45) is 7.05 Å². The molecule has 28 heavy (non-hydrogen) atoms. The standard InChI is InChI=1S/C20H19Cl2N3O3/c1-24-12-17(10-23-24)25(20(26)14-6-15(21)8-16(22)7-14)11-13-4-5-18(27-2)9-19(13)28-3/h4-10,12H,11H2,1-3H3. The van der Waals surface area contributed by atoms with Gasteiger partial charge in [0.05, 0.1) is 32.6 Å². The van der Waals surface area contributed by atoms with Crippen molar-refractivity contribution in [3.05, 3.63) is 70.0 Å². The third kappa shape index (κ3) is 4.40. The molecule has 0 saturated heterocycles. The minimum atomic E-state index is -0.254. The molecule has 0 spiro atoms. The molecule has 0 bridgehead atoms. The largest absolute Gasteiger partial charge is 0.497 e. The molecule has 3 aromatic rings. The molecule has 0 radical (unpaired) electrons. The van der Waals surface area contributed by atoms with Crippen LogP contribution in [0.4, 0.5) is 5.69 Å². The van der Waals surface area contributed by atoms with Gasteiger partial charge in [-0.05, 0) is 30.3 Å². The van der Waals surface area contributed by atoms with Gasteiger partial charge < -0.3 is 14.4 Å². The number of aryl methyl sites for hydroxylation is 1. The van der Waals surface area contributed by atoms with E-state index in [1.54, 1.807) is 67.5 Å². The number of benzene rings is 2. The number of rotatable bonds is 6. The Labute approximate surface area is 173 Å². The normalized spacial score (nSPS) is 10.6. The lowest BCUT2D eigenvalue weighted by atomic mass is 10.1. The van der Waals surface area contributed by atoms with Gasteiger partial charge in [0, 0.05) is 40.5 Å². The van der Waals surface area contributed by atoms with Crippen molar-refractivity contribution in [3.63, 3.8) is 0 Å². The Morgan fingerprint density at radius 3 is 2.39 bits per heavy atom. The van der Waals surface area contributed by atoms with Gasteiger partial charge >= 0.3 is 0 Å². The van der Waals surface area contributed by atoms with Gasteiger partial charge in [-0.15, -0.1) is 0 Å². The highest BCUT2D eigenvalue weighted by molar-refractivity contribution is 6.35. The van der Waals surface area contributed by atoms with Crippen LogP contribution in [0.1, 0.15) is 15.9 Å². The second-order valence-electron chi connectivity index (χ2n) is 6.10. The number of amides is 1. The first-order valence-corrected chi connectivity index (χ1v) is 9.14. The number of hydrogen-bond donors (Lipinski definition) is 0. The molecule has 1 aromatic heterocycles. The van der Waals surface area contributed by atoms with E-state index < -0.39 is 0 Å². The summed E-state index contributed by atoms with van der Waals surface area (Å²) in [7, 11) is 4.95. The Morgan fingerprint density at radius 2 is 1.82 bits per heavy atom. The van der Waals surface area contributed by atoms with Gasteiger partial charge in [-0.25, -0.2) is 0 Å². The van der Waals surface area contributed by atoms with Gasteiger partial charge in [-0.1, -0.05) is 23.2 Å². The third-order valence-electron chi connectivity index (χ3n) is 4.18. The molecule has 1 heterocycles. The van der Waals surface area contributed by atoms with Crippen LogP contribution in [0.2, 0.25) is 10.0 Å². The SMILES string of the molecule is COc1ccc(CN(C(=O)c2cc(Cl)cc(Cl)c2)c2cnn(C)c2)c(OC)c1. The van der Waals surface area contributed by atoms with E-state index in [0.717, 1.165) is 5.56 Å². The van der Waals surface area contributed by atoms with Crippen LogP contribution in [0.25, 0.3) is 0 Å². The molecule has 0 saturated carbocycles. The van der Waals surface area contributed by atoms with Crippen molar-refractivity contribution in [1.29, 1.82) is 0 Å². The Hall–Kier alpha value is -2.70. The molecule has 8 heteroatoms. The molecule has 2 aromatic carbocycles. The van der Waals surface area contributed by atoms with E-state index in [1.165, 1.54) is 0 Å². The summed E-state index contributed by atoms with van der Waals surface area (Å²) in [6.45, 7) is 0.266. The van der Waals surface area contributed by atoms with Crippen LogP contribution in [-0.4, -0.2) is 29.9 Å². The number of carbonyl (C=O) groups is 1. The van der Waals surface area contributed by atoms with Crippen molar-refractivity contribution in [2.75, 3.05) is 19.1 Å². The number of ether oxygens (including phenoxy) is 2. The van der Waals surface area contributed by atoms with Crippen LogP contribution >= 0.6 is 23.2 Å². The van der Waals surface area contributed by atoms with E-state index in [-0.39, 0.29) is 12.5 Å². The smallest absolute Gasteiger partial charge is 0.258 e. The van der Waals surface area contributed by atoms with Crippen molar-refractivity contribution >= 4 is 34.8 Å². The lowest BCUT2D eigenvalue weighted by Gasteiger charge is -2.23. The fourth-order valence-corrected chi connectivity index (χ4v) is 3.34. The van der Waals surface area contributed by atoms with Gasteiger partial charge in [-0.2, -0.15) is 5.10 Å². The molecule has 0 aliphatic rings. The fraction of sp³-hybridized carbons (Fsp3) is 0.200. The van der Waals surface area contributed by atoms with E-state index in [2.05, 4.69) is 5.10 Å². The second kappa shape index (κ2) is 8.54. The maximum atomic E-state index is 13.3. The van der Waals surface area contributed by atoms with Gasteiger partial charge in [0.2, 0.25) is 0 Å². The molecular formula is C20H19Cl2N3O3. The van der Waals surface area contributed by atoms with Crippen molar-refractivity contribution in [2.45, 2.75) is 6.54 Å². The summed E-state index contributed by atoms with van der Waals surface area (Å²) >= 11 is 12.2. The average molecular weight is 420 g/mol. The Morgan fingerprint density at radius 1 is 1.11 bits per heavy atom. The highest BCUT2D eigenvalue weighted by atomic mass is 35.5. The van der Waals surface area contributed by atoms with Crippen molar-refractivity contribution in [1.82, 2.24) is 9.78 Å². The molecule has 6 nitrogen and oxygen atoms in total. The molecule has 1 amide bonds. The number of carbonyl (C=O) groups excluding carboxylic acids is 1. The summed E-state index contributed by atoms with van der Waals surface area (Å²) in [6, 6.07) is 10.2. The molecule has 0 aliphatic carbocycles. The summed E-state index contributed by atoms with van der Waals surface area (Å²) in [5, 5.41) is 4.96. The summed E-state index contributed by atoms with van der Waals surface area (Å²) in [6.07, 6.45) is 3.39. The van der Waals surface area contributed by atoms with E-state index in [9.17, 15) is 4.79 Å². The number of anilines is 1. The topological polar surface area (TPSA) is 56.6 Å². The lowest BCUT2D eigenvalue weighted by molar-refractivity contribution is 0.0985. The molecule has 146 valence electrons. The van der Waals surface area contributed by atoms with Gasteiger partial charge in [0.15, 0.2) is 0 Å². The summed E-state index contributed by atoms with van der Waals surface area (Å²) in [4.78, 5) is 14.9. The van der Waals surface area contributed by atoms with Crippen LogP contribution in [0, 0.1) is 0 Å². The molecule has 0 atom stereocenters. The van der Waals surface area contributed by atoms with Crippen LogP contribution in [0.5, 0.6) is 11.5 Å². The van der Waals surface area contributed by atoms with E-state index in [4.69, 9.17) is 32.7 Å². The lowest BCUT2D eigenvalue weighted by Crippen LogP contribution is -2.30. The minimum absolute atomic E-state index is 0.254. The van der Waals surface area contributed by atoms with Gasteiger partial charge in [-0.3, -0.25) is 9.48 Å². The number of methoxy groups -OCH3 is 2. The molecule has 0 fully saturated rings. The van der Waals surface area contributed by atoms with Gasteiger partial charge in [0.25, 0.3) is 5.91 Å². The molecule has 0 N–H and O–H groups in total. The zero-order chi connectivity index (χ0) is 20.3. The predicted octanol–water partition coefficient (Wildman–Crippen LogP) is 4.59. The average Bonchev–Trinajstić information content (AvgIpc) is 3.10. The maximum absolute atomic E-state index is 13.3. The van der Waals surface area contributed by atoms with Crippen LogP contribution in [0.3, 0.4) is 0 Å². The number of nitrogens with zero attached hydrogens (tertiary/aromatic N) is 3. The molecule has 0 aliphatic heterocycles. The number of aromatic nitrogens is 2. The summed E-state index contributed by atoms with van der Waals surface area (Å²) in [5.74, 6) is 1.03. The van der Waals surface area contributed by atoms with Crippen LogP contribution < -0.4 is 14.4 Å². The van der Waals surface area contributed by atoms with E-state index >= 15 is 0 Å². The Bertz CT molecular complexity index is 984. The zero-order valence-corrected chi connectivity index (χ0v) is 17.2. The minimum Gasteiger partial charge on any atom is -0.497 e. The second-order valence-corrected chi connectivity index (χ2v) is 6.97. The fourth-order valence-electron chi connectivity index (χ4n) is 2.81. The predicted molar refractivity (Wildman–Crippen MR) is 110 cm³/mol. The van der Waals surface area contributed by atoms with Crippen molar-refractivity contribution in [3.8, 4) is 11.5 Å². The molecule has 0 unspecified atom stereocenters. The maximum Gasteiger partial charge on any atom is 0.258 e. The molecular weight excluding hydrogens is 401 g/mol. The van der Waals surface area contributed by atoms with Crippen LogP contribution in [-0.2, 0) is 13.6 Å². The first kappa shape index (κ1) is 20.0. The third-order valence-corrected chi connectivity index (χ3v) is 4.62. The number of hydrogen-bond acceptors (Lipinski definition) is 4. The van der Waals surface area contributed by atoms with Crippen LogP contribution in [0.15, 0.2) is 48.8 Å². The van der Waals surface area contributed by atoms with Gasteiger partial charge in [0.1, 0.15) is 11.5 Å². The molecule has 3 rings (SSSR count). The first-order chi connectivity index (χ1) is 13.4. The van der Waals surface area contributed by atoms with E-state index in [0.29, 0.717) is 32.8 Å².